The molecule has 22 heavy (non-hydrogen) atoms. The molecule has 0 bridgehead atoms. The Morgan fingerprint density at radius 3 is 2.82 bits per heavy atom. The standard InChI is InChI=1S/C15H17F2N5/c1-7-5-10-9(6-11(7)17)3-4-12(10)19-15-21-13(8(2)16)20-14(18)22-15/h5-6,8,12H,3-4H2,1-2H3,(H3,18,19,20,21,22)/t8-,12+/m0/s1. The maximum atomic E-state index is 13.6. The van der Waals surface area contributed by atoms with Crippen LogP contribution in [0.2, 0.25) is 0 Å². The Hall–Kier alpha value is -2.31. The minimum Gasteiger partial charge on any atom is -0.368 e. The summed E-state index contributed by atoms with van der Waals surface area (Å²) in [5, 5.41) is 3.15. The lowest BCUT2D eigenvalue weighted by Gasteiger charge is -2.15. The van der Waals surface area contributed by atoms with Crippen LogP contribution in [0.3, 0.4) is 0 Å². The number of nitrogen functional groups attached to an aromatic ring is 1. The van der Waals surface area contributed by atoms with Crippen LogP contribution in [-0.4, -0.2) is 15.0 Å². The zero-order chi connectivity index (χ0) is 15.9. The van der Waals surface area contributed by atoms with Crippen molar-refractivity contribution in [2.24, 2.45) is 0 Å². The van der Waals surface area contributed by atoms with Crippen LogP contribution in [0.4, 0.5) is 20.7 Å². The minimum absolute atomic E-state index is 0.00325. The van der Waals surface area contributed by atoms with Crippen molar-refractivity contribution in [3.8, 4) is 0 Å². The predicted molar refractivity (Wildman–Crippen MR) is 79.6 cm³/mol. The number of rotatable bonds is 3. The highest BCUT2D eigenvalue weighted by Gasteiger charge is 2.25. The Bertz CT molecular complexity index is 717. The summed E-state index contributed by atoms with van der Waals surface area (Å²) >= 11 is 0. The molecule has 1 aliphatic rings. The summed E-state index contributed by atoms with van der Waals surface area (Å²) in [7, 11) is 0. The summed E-state index contributed by atoms with van der Waals surface area (Å²) in [5.74, 6) is 0.0261. The van der Waals surface area contributed by atoms with E-state index in [4.69, 9.17) is 5.73 Å². The zero-order valence-electron chi connectivity index (χ0n) is 12.4. The highest BCUT2D eigenvalue weighted by molar-refractivity contribution is 5.44. The van der Waals surface area contributed by atoms with E-state index < -0.39 is 6.17 Å². The molecule has 1 heterocycles. The highest BCUT2D eigenvalue weighted by Crippen LogP contribution is 2.34. The fourth-order valence-electron chi connectivity index (χ4n) is 2.70. The Kier molecular flexibility index (Phi) is 3.64. The highest BCUT2D eigenvalue weighted by atomic mass is 19.1. The molecular formula is C15H17F2N5. The molecule has 2 aromatic rings. The normalized spacial score (nSPS) is 18.1. The van der Waals surface area contributed by atoms with Crippen LogP contribution in [0.1, 0.15) is 48.1 Å². The molecule has 0 aliphatic heterocycles. The average molecular weight is 305 g/mol. The van der Waals surface area contributed by atoms with E-state index in [2.05, 4.69) is 20.3 Å². The van der Waals surface area contributed by atoms with Crippen LogP contribution < -0.4 is 11.1 Å². The number of nitrogens with two attached hydrogens (primary N) is 1. The summed E-state index contributed by atoms with van der Waals surface area (Å²) in [4.78, 5) is 11.8. The van der Waals surface area contributed by atoms with Crippen molar-refractivity contribution in [2.75, 3.05) is 11.1 Å². The van der Waals surface area contributed by atoms with Gasteiger partial charge in [-0.25, -0.2) is 8.78 Å². The molecule has 5 nitrogen and oxygen atoms in total. The van der Waals surface area contributed by atoms with E-state index in [9.17, 15) is 8.78 Å². The first-order valence-corrected chi connectivity index (χ1v) is 7.15. The third kappa shape index (κ3) is 2.70. The average Bonchev–Trinajstić information content (AvgIpc) is 2.81. The van der Waals surface area contributed by atoms with Gasteiger partial charge in [-0.15, -0.1) is 0 Å². The molecule has 0 amide bonds. The summed E-state index contributed by atoms with van der Waals surface area (Å²) in [6, 6.07) is 3.36. The van der Waals surface area contributed by atoms with Crippen LogP contribution in [0.15, 0.2) is 12.1 Å². The van der Waals surface area contributed by atoms with E-state index in [0.717, 1.165) is 24.0 Å². The summed E-state index contributed by atoms with van der Waals surface area (Å²) < 4.78 is 27.0. The van der Waals surface area contributed by atoms with Gasteiger partial charge in [0.1, 0.15) is 5.82 Å². The molecule has 0 unspecified atom stereocenters. The van der Waals surface area contributed by atoms with E-state index in [1.54, 1.807) is 13.0 Å². The molecule has 0 saturated carbocycles. The first kappa shape index (κ1) is 14.6. The second-order valence-electron chi connectivity index (χ2n) is 5.53. The van der Waals surface area contributed by atoms with E-state index in [0.29, 0.717) is 5.56 Å². The molecule has 2 atom stereocenters. The van der Waals surface area contributed by atoms with Gasteiger partial charge in [-0.05, 0) is 49.4 Å². The minimum atomic E-state index is -1.32. The third-order valence-corrected chi connectivity index (χ3v) is 3.83. The number of benzene rings is 1. The maximum absolute atomic E-state index is 13.6. The van der Waals surface area contributed by atoms with Crippen molar-refractivity contribution in [2.45, 2.75) is 38.9 Å². The number of hydrogen-bond acceptors (Lipinski definition) is 5. The van der Waals surface area contributed by atoms with Crippen molar-refractivity contribution < 1.29 is 8.78 Å². The van der Waals surface area contributed by atoms with Gasteiger partial charge < -0.3 is 11.1 Å². The van der Waals surface area contributed by atoms with E-state index >= 15 is 0 Å². The van der Waals surface area contributed by atoms with Gasteiger partial charge in [-0.2, -0.15) is 15.0 Å². The number of anilines is 2. The van der Waals surface area contributed by atoms with Gasteiger partial charge in [0, 0.05) is 0 Å². The van der Waals surface area contributed by atoms with Gasteiger partial charge in [0.2, 0.25) is 11.9 Å². The van der Waals surface area contributed by atoms with Crippen molar-refractivity contribution in [3.05, 3.63) is 40.5 Å². The Morgan fingerprint density at radius 1 is 1.32 bits per heavy atom. The van der Waals surface area contributed by atoms with Gasteiger partial charge >= 0.3 is 0 Å². The van der Waals surface area contributed by atoms with Crippen molar-refractivity contribution >= 4 is 11.9 Å². The molecule has 1 aromatic carbocycles. The molecule has 0 saturated heterocycles. The van der Waals surface area contributed by atoms with Crippen LogP contribution in [0, 0.1) is 12.7 Å². The predicted octanol–water partition coefficient (Wildman–Crippen LogP) is 3.03. The number of hydrogen-bond donors (Lipinski definition) is 2. The first-order valence-electron chi connectivity index (χ1n) is 7.15. The lowest BCUT2D eigenvalue weighted by molar-refractivity contribution is 0.356. The van der Waals surface area contributed by atoms with Crippen molar-refractivity contribution in [1.82, 2.24) is 15.0 Å². The second kappa shape index (κ2) is 5.47. The first-order chi connectivity index (χ1) is 10.4. The number of fused-ring (bicyclic) bond motifs is 1. The van der Waals surface area contributed by atoms with Crippen molar-refractivity contribution in [1.29, 1.82) is 0 Å². The van der Waals surface area contributed by atoms with Gasteiger partial charge in [0.05, 0.1) is 6.04 Å². The molecule has 1 aliphatic carbocycles. The molecule has 7 heteroatoms. The monoisotopic (exact) mass is 305 g/mol. The number of halogens is 2. The van der Waals surface area contributed by atoms with E-state index in [-0.39, 0.29) is 29.6 Å². The quantitative estimate of drug-likeness (QED) is 0.911. The van der Waals surface area contributed by atoms with Gasteiger partial charge in [0.15, 0.2) is 12.0 Å². The molecule has 1 aromatic heterocycles. The molecule has 0 radical (unpaired) electrons. The number of nitrogens with one attached hydrogen (secondary N) is 1. The SMILES string of the molecule is Cc1cc2c(cc1F)CC[C@H]2Nc1nc(N)nc([C@H](C)F)n1. The smallest absolute Gasteiger partial charge is 0.228 e. The molecule has 3 N–H and O–H groups in total. The van der Waals surface area contributed by atoms with Crippen LogP contribution in [0.25, 0.3) is 0 Å². The fraction of sp³-hybridized carbons (Fsp3) is 0.400. The number of aryl methyl sites for hydroxylation is 2. The summed E-state index contributed by atoms with van der Waals surface area (Å²) in [6.45, 7) is 3.07. The van der Waals surface area contributed by atoms with Crippen LogP contribution in [0.5, 0.6) is 0 Å². The van der Waals surface area contributed by atoms with Gasteiger partial charge in [-0.3, -0.25) is 0 Å². The molecule has 0 spiro atoms. The lowest BCUT2D eigenvalue weighted by atomic mass is 10.0. The Labute approximate surface area is 127 Å². The summed E-state index contributed by atoms with van der Waals surface area (Å²) in [6.07, 6.45) is 0.250. The summed E-state index contributed by atoms with van der Waals surface area (Å²) in [5.41, 5.74) is 8.18. The molecule has 0 fully saturated rings. The lowest BCUT2D eigenvalue weighted by Crippen LogP contribution is -2.14. The number of aromatic nitrogens is 3. The van der Waals surface area contributed by atoms with Crippen LogP contribution in [-0.2, 0) is 6.42 Å². The second-order valence-corrected chi connectivity index (χ2v) is 5.53. The van der Waals surface area contributed by atoms with Crippen LogP contribution >= 0.6 is 0 Å². The van der Waals surface area contributed by atoms with Gasteiger partial charge in [0.25, 0.3) is 0 Å². The topological polar surface area (TPSA) is 76.7 Å². The Balaban J connectivity index is 1.89. The third-order valence-electron chi connectivity index (χ3n) is 3.83. The molecular weight excluding hydrogens is 288 g/mol. The van der Waals surface area contributed by atoms with Gasteiger partial charge in [-0.1, -0.05) is 6.07 Å². The number of nitrogens with zero attached hydrogens (tertiary/aromatic N) is 3. The van der Waals surface area contributed by atoms with E-state index in [1.165, 1.54) is 6.92 Å². The number of alkyl halides is 1. The molecule has 3 rings (SSSR count). The fourth-order valence-corrected chi connectivity index (χ4v) is 2.70. The largest absolute Gasteiger partial charge is 0.368 e. The Morgan fingerprint density at radius 2 is 2.09 bits per heavy atom. The molecule has 116 valence electrons. The zero-order valence-corrected chi connectivity index (χ0v) is 12.4. The van der Waals surface area contributed by atoms with E-state index in [1.807, 2.05) is 6.07 Å². The van der Waals surface area contributed by atoms with Crippen molar-refractivity contribution in [3.63, 3.8) is 0 Å². The maximum Gasteiger partial charge on any atom is 0.228 e.